The van der Waals surface area contributed by atoms with Crippen LogP contribution in [-0.4, -0.2) is 29.9 Å². The molecule has 104 valence electrons. The molecule has 1 aliphatic rings. The quantitative estimate of drug-likeness (QED) is 0.925. The van der Waals surface area contributed by atoms with E-state index >= 15 is 0 Å². The van der Waals surface area contributed by atoms with Gasteiger partial charge < -0.3 is 10.6 Å². The van der Waals surface area contributed by atoms with Gasteiger partial charge in [-0.3, -0.25) is 4.79 Å². The van der Waals surface area contributed by atoms with Crippen molar-refractivity contribution in [2.24, 2.45) is 5.73 Å². The highest BCUT2D eigenvalue weighted by atomic mass is 79.9. The second-order valence-corrected chi connectivity index (χ2v) is 7.09. The number of likely N-dealkylation sites (N-methyl/N-ethyl adjacent to an activating group) is 1. The van der Waals surface area contributed by atoms with E-state index in [1.54, 1.807) is 18.7 Å². The highest BCUT2D eigenvalue weighted by Gasteiger charge is 2.46. The van der Waals surface area contributed by atoms with Crippen LogP contribution in [0.1, 0.15) is 32.3 Å². The van der Waals surface area contributed by atoms with Gasteiger partial charge in [0.15, 0.2) is 0 Å². The predicted octanol–water partition coefficient (Wildman–Crippen LogP) is 2.68. The molecule has 2 N–H and O–H groups in total. The summed E-state index contributed by atoms with van der Waals surface area (Å²) in [5.41, 5.74) is 6.52. The fraction of sp³-hybridized carbons (Fsp3) is 0.533. The van der Waals surface area contributed by atoms with E-state index in [2.05, 4.69) is 40.2 Å². The Balaban J connectivity index is 2.10. The molecule has 1 aromatic carbocycles. The number of carbonyl (C=O) groups excluding carboxylic acids is 1. The Kier molecular flexibility index (Phi) is 3.76. The molecule has 1 amide bonds. The number of halogens is 1. The summed E-state index contributed by atoms with van der Waals surface area (Å²) in [5.74, 6) is -0.00381. The third-order valence-corrected chi connectivity index (χ3v) is 4.28. The molecule has 0 aromatic heterocycles. The Morgan fingerprint density at radius 3 is 2.32 bits per heavy atom. The molecule has 0 unspecified atom stereocenters. The van der Waals surface area contributed by atoms with Crippen molar-refractivity contribution in [1.29, 1.82) is 0 Å². The van der Waals surface area contributed by atoms with Gasteiger partial charge in [0.05, 0.1) is 5.54 Å². The zero-order valence-corrected chi connectivity index (χ0v) is 13.3. The first-order valence-corrected chi connectivity index (χ1v) is 7.34. The zero-order chi connectivity index (χ0) is 14.3. The van der Waals surface area contributed by atoms with Crippen LogP contribution in [-0.2, 0) is 10.2 Å². The van der Waals surface area contributed by atoms with Crippen molar-refractivity contribution in [3.63, 3.8) is 0 Å². The van der Waals surface area contributed by atoms with Crippen molar-refractivity contribution in [2.45, 2.75) is 37.6 Å². The number of rotatable bonds is 4. The fourth-order valence-corrected chi connectivity index (χ4v) is 2.77. The Bertz CT molecular complexity index is 472. The summed E-state index contributed by atoms with van der Waals surface area (Å²) in [6, 6.07) is 8.40. The normalized spacial score (nSPS) is 17.1. The highest BCUT2D eigenvalue weighted by Crippen LogP contribution is 2.48. The van der Waals surface area contributed by atoms with Crippen LogP contribution < -0.4 is 5.73 Å². The summed E-state index contributed by atoms with van der Waals surface area (Å²) in [6.07, 6.45) is 2.27. The molecule has 3 nitrogen and oxygen atoms in total. The average molecular weight is 325 g/mol. The lowest BCUT2D eigenvalue weighted by Gasteiger charge is -2.29. The van der Waals surface area contributed by atoms with Crippen molar-refractivity contribution in [2.75, 3.05) is 13.6 Å². The molecule has 19 heavy (non-hydrogen) atoms. The molecule has 1 aromatic rings. The Labute approximate surface area is 123 Å². The van der Waals surface area contributed by atoms with Gasteiger partial charge in [-0.25, -0.2) is 0 Å². The third kappa shape index (κ3) is 3.18. The van der Waals surface area contributed by atoms with Gasteiger partial charge in [-0.15, -0.1) is 0 Å². The van der Waals surface area contributed by atoms with Crippen LogP contribution in [0.15, 0.2) is 28.7 Å². The summed E-state index contributed by atoms with van der Waals surface area (Å²) in [6.45, 7) is 4.25. The first kappa shape index (κ1) is 14.5. The van der Waals surface area contributed by atoms with Gasteiger partial charge in [-0.05, 0) is 44.4 Å². The van der Waals surface area contributed by atoms with Crippen molar-refractivity contribution < 1.29 is 4.79 Å². The number of hydrogen-bond donors (Lipinski definition) is 1. The predicted molar refractivity (Wildman–Crippen MR) is 81.0 cm³/mol. The third-order valence-electron chi connectivity index (χ3n) is 3.75. The van der Waals surface area contributed by atoms with E-state index in [-0.39, 0.29) is 11.3 Å². The smallest absolute Gasteiger partial charge is 0.241 e. The highest BCUT2D eigenvalue weighted by molar-refractivity contribution is 9.10. The molecule has 0 radical (unpaired) electrons. The standard InChI is InChI=1S/C15H21BrN2O/c1-14(2,17)13(19)18(3)10-15(8-9-15)11-4-6-12(16)7-5-11/h4-7H,8-10,17H2,1-3H3. The molecule has 0 bridgehead atoms. The molecule has 0 aliphatic heterocycles. The van der Waals surface area contributed by atoms with Gasteiger partial charge in [-0.2, -0.15) is 0 Å². The summed E-state index contributed by atoms with van der Waals surface area (Å²) < 4.78 is 1.08. The van der Waals surface area contributed by atoms with E-state index < -0.39 is 5.54 Å². The van der Waals surface area contributed by atoms with E-state index in [1.165, 1.54) is 5.56 Å². The molecule has 1 aliphatic carbocycles. The monoisotopic (exact) mass is 324 g/mol. The van der Waals surface area contributed by atoms with Crippen LogP contribution in [0, 0.1) is 0 Å². The van der Waals surface area contributed by atoms with Crippen molar-refractivity contribution in [3.05, 3.63) is 34.3 Å². The van der Waals surface area contributed by atoms with Crippen molar-refractivity contribution >= 4 is 21.8 Å². The van der Waals surface area contributed by atoms with Gasteiger partial charge in [-0.1, -0.05) is 28.1 Å². The number of nitrogens with two attached hydrogens (primary N) is 1. The minimum Gasteiger partial charge on any atom is -0.343 e. The minimum absolute atomic E-state index is 0.00381. The summed E-state index contributed by atoms with van der Waals surface area (Å²) in [7, 11) is 1.84. The molecule has 1 fully saturated rings. The number of nitrogens with zero attached hydrogens (tertiary/aromatic N) is 1. The summed E-state index contributed by atoms with van der Waals surface area (Å²) in [5, 5.41) is 0. The van der Waals surface area contributed by atoms with E-state index in [9.17, 15) is 4.79 Å². The second-order valence-electron chi connectivity index (χ2n) is 6.17. The maximum absolute atomic E-state index is 12.1. The fourth-order valence-electron chi connectivity index (χ4n) is 2.51. The minimum atomic E-state index is -0.801. The lowest BCUT2D eigenvalue weighted by molar-refractivity contribution is -0.134. The molecular weight excluding hydrogens is 304 g/mol. The van der Waals surface area contributed by atoms with E-state index in [0.29, 0.717) is 0 Å². The van der Waals surface area contributed by atoms with Gasteiger partial charge in [0, 0.05) is 23.5 Å². The Morgan fingerprint density at radius 2 is 1.89 bits per heavy atom. The maximum atomic E-state index is 12.1. The van der Waals surface area contributed by atoms with Gasteiger partial charge in [0.1, 0.15) is 0 Å². The van der Waals surface area contributed by atoms with Crippen molar-refractivity contribution in [3.8, 4) is 0 Å². The largest absolute Gasteiger partial charge is 0.343 e. The van der Waals surface area contributed by atoms with E-state index in [0.717, 1.165) is 23.9 Å². The topological polar surface area (TPSA) is 46.3 Å². The second kappa shape index (κ2) is 4.91. The summed E-state index contributed by atoms with van der Waals surface area (Å²) in [4.78, 5) is 13.9. The first-order valence-electron chi connectivity index (χ1n) is 6.55. The molecule has 0 spiro atoms. The number of hydrogen-bond acceptors (Lipinski definition) is 2. The molecule has 1 saturated carbocycles. The Morgan fingerprint density at radius 1 is 1.37 bits per heavy atom. The molecule has 4 heteroatoms. The molecule has 2 rings (SSSR count). The van der Waals surface area contributed by atoms with Gasteiger partial charge in [0.2, 0.25) is 5.91 Å². The van der Waals surface area contributed by atoms with Gasteiger partial charge >= 0.3 is 0 Å². The molecule has 0 saturated heterocycles. The van der Waals surface area contributed by atoms with E-state index in [1.807, 2.05) is 7.05 Å². The first-order chi connectivity index (χ1) is 8.74. The van der Waals surface area contributed by atoms with Crippen molar-refractivity contribution in [1.82, 2.24) is 4.90 Å². The van der Waals surface area contributed by atoms with Crippen LogP contribution in [0.4, 0.5) is 0 Å². The van der Waals surface area contributed by atoms with Crippen LogP contribution in [0.3, 0.4) is 0 Å². The van der Waals surface area contributed by atoms with Crippen LogP contribution in [0.2, 0.25) is 0 Å². The maximum Gasteiger partial charge on any atom is 0.241 e. The average Bonchev–Trinajstić information content (AvgIpc) is 3.08. The molecule has 0 atom stereocenters. The molecule has 0 heterocycles. The molecular formula is C15H21BrN2O. The number of carbonyl (C=O) groups is 1. The van der Waals surface area contributed by atoms with Crippen LogP contribution >= 0.6 is 15.9 Å². The SMILES string of the molecule is CN(CC1(c2ccc(Br)cc2)CC1)C(=O)C(C)(C)N. The summed E-state index contributed by atoms with van der Waals surface area (Å²) >= 11 is 3.45. The lowest BCUT2D eigenvalue weighted by atomic mass is 9.94. The van der Waals surface area contributed by atoms with E-state index in [4.69, 9.17) is 5.73 Å². The number of benzene rings is 1. The number of amides is 1. The zero-order valence-electron chi connectivity index (χ0n) is 11.7. The Hall–Kier alpha value is -0.870. The lowest BCUT2D eigenvalue weighted by Crippen LogP contribution is -2.51. The van der Waals surface area contributed by atoms with Crippen LogP contribution in [0.25, 0.3) is 0 Å². The van der Waals surface area contributed by atoms with Crippen LogP contribution in [0.5, 0.6) is 0 Å². The van der Waals surface area contributed by atoms with Gasteiger partial charge in [0.25, 0.3) is 0 Å².